The van der Waals surface area contributed by atoms with Gasteiger partial charge in [-0.3, -0.25) is 0 Å². The van der Waals surface area contributed by atoms with Gasteiger partial charge in [-0.2, -0.15) is 10.5 Å². The monoisotopic (exact) mass is 375 g/mol. The van der Waals surface area contributed by atoms with Crippen LogP contribution >= 0.6 is 11.3 Å². The number of halogens is 1. The lowest BCUT2D eigenvalue weighted by Crippen LogP contribution is -1.94. The highest BCUT2D eigenvalue weighted by Gasteiger charge is 2.18. The Hall–Kier alpha value is -3.48. The van der Waals surface area contributed by atoms with E-state index in [0.29, 0.717) is 21.7 Å². The number of nitriles is 2. The van der Waals surface area contributed by atoms with Gasteiger partial charge in [0.05, 0.1) is 0 Å². The molecule has 0 saturated heterocycles. The first kappa shape index (κ1) is 18.3. The van der Waals surface area contributed by atoms with Crippen LogP contribution in [0.15, 0.2) is 59.8 Å². The summed E-state index contributed by atoms with van der Waals surface area (Å²) in [5, 5.41) is 22.7. The molecule has 3 rings (SSSR count). The van der Waals surface area contributed by atoms with Crippen LogP contribution in [0.3, 0.4) is 0 Å². The van der Waals surface area contributed by atoms with Crippen molar-refractivity contribution in [2.45, 2.75) is 13.0 Å². The average Bonchev–Trinajstić information content (AvgIpc) is 3.07. The van der Waals surface area contributed by atoms with Gasteiger partial charge in [-0.25, -0.2) is 4.39 Å². The molecular formula is C21H14FN3OS. The molecule has 0 aliphatic rings. The van der Waals surface area contributed by atoms with E-state index < -0.39 is 0 Å². The Labute approximate surface area is 160 Å². The van der Waals surface area contributed by atoms with Gasteiger partial charge in [-0.15, -0.1) is 11.3 Å². The minimum atomic E-state index is -0.345. The molecular weight excluding hydrogens is 361 g/mol. The predicted octanol–water partition coefficient (Wildman–Crippen LogP) is 5.04. The minimum Gasteiger partial charge on any atom is -0.391 e. The largest absolute Gasteiger partial charge is 0.391 e. The molecule has 1 heterocycles. The fourth-order valence-electron chi connectivity index (χ4n) is 2.64. The molecule has 3 aromatic rings. The Kier molecular flexibility index (Phi) is 5.94. The molecule has 4 nitrogen and oxygen atoms in total. The summed E-state index contributed by atoms with van der Waals surface area (Å²) >= 11 is 1.17. The van der Waals surface area contributed by atoms with Crippen molar-refractivity contribution >= 4 is 17.6 Å². The van der Waals surface area contributed by atoms with Gasteiger partial charge in [-0.1, -0.05) is 53.7 Å². The van der Waals surface area contributed by atoms with Crippen LogP contribution in [0, 0.1) is 28.5 Å². The Bertz CT molecular complexity index is 1050. The van der Waals surface area contributed by atoms with Crippen molar-refractivity contribution < 1.29 is 9.23 Å². The number of hydrogen-bond donors (Lipinski definition) is 0. The van der Waals surface area contributed by atoms with E-state index in [-0.39, 0.29) is 12.4 Å². The van der Waals surface area contributed by atoms with Crippen molar-refractivity contribution in [3.05, 3.63) is 81.3 Å². The Balaban J connectivity index is 1.78. The van der Waals surface area contributed by atoms with Crippen LogP contribution in [-0.4, -0.2) is 6.21 Å². The van der Waals surface area contributed by atoms with Crippen molar-refractivity contribution in [1.29, 1.82) is 10.5 Å². The molecule has 0 amide bonds. The third-order valence-corrected chi connectivity index (χ3v) is 4.94. The van der Waals surface area contributed by atoms with Gasteiger partial charge in [0.1, 0.15) is 34.3 Å². The van der Waals surface area contributed by atoms with Crippen LogP contribution in [0.1, 0.15) is 20.9 Å². The molecule has 0 fully saturated rings. The molecule has 6 heteroatoms. The van der Waals surface area contributed by atoms with E-state index >= 15 is 0 Å². The molecule has 132 valence electrons. The van der Waals surface area contributed by atoms with Gasteiger partial charge in [0, 0.05) is 23.8 Å². The van der Waals surface area contributed by atoms with E-state index in [1.165, 1.54) is 23.6 Å². The highest BCUT2D eigenvalue weighted by Crippen LogP contribution is 2.36. The highest BCUT2D eigenvalue weighted by molar-refractivity contribution is 7.13. The van der Waals surface area contributed by atoms with Crippen molar-refractivity contribution in [2.75, 3.05) is 0 Å². The normalized spacial score (nSPS) is 10.5. The first-order chi connectivity index (χ1) is 13.2. The molecule has 0 atom stereocenters. The molecule has 0 spiro atoms. The second-order valence-corrected chi connectivity index (χ2v) is 6.58. The fraction of sp³-hybridized carbons (Fsp3) is 0.0952. The molecule has 0 bridgehead atoms. The first-order valence-electron chi connectivity index (χ1n) is 8.13. The maximum atomic E-state index is 13.5. The molecule has 0 saturated carbocycles. The topological polar surface area (TPSA) is 69.2 Å². The van der Waals surface area contributed by atoms with Crippen LogP contribution in [0.2, 0.25) is 0 Å². The molecule has 2 aromatic carbocycles. The van der Waals surface area contributed by atoms with E-state index in [4.69, 9.17) is 4.84 Å². The zero-order valence-electron chi connectivity index (χ0n) is 14.2. The second kappa shape index (κ2) is 8.75. The van der Waals surface area contributed by atoms with Gasteiger partial charge in [0.2, 0.25) is 0 Å². The lowest BCUT2D eigenvalue weighted by Gasteiger charge is -2.04. The summed E-state index contributed by atoms with van der Waals surface area (Å²) in [6.07, 6.45) is 1.86. The number of oxime groups is 1. The number of thiophene rings is 1. The van der Waals surface area contributed by atoms with Gasteiger partial charge in [0.15, 0.2) is 0 Å². The zero-order chi connectivity index (χ0) is 19.1. The molecule has 0 aliphatic heterocycles. The number of benzene rings is 2. The predicted molar refractivity (Wildman–Crippen MR) is 103 cm³/mol. The summed E-state index contributed by atoms with van der Waals surface area (Å²) in [6, 6.07) is 20.1. The van der Waals surface area contributed by atoms with Gasteiger partial charge in [0.25, 0.3) is 0 Å². The summed E-state index contributed by atoms with van der Waals surface area (Å²) < 4.78 is 13.5. The lowest BCUT2D eigenvalue weighted by molar-refractivity contribution is 0.129. The summed E-state index contributed by atoms with van der Waals surface area (Å²) in [6.45, 7) is 0.0207. The van der Waals surface area contributed by atoms with Crippen molar-refractivity contribution in [3.63, 3.8) is 0 Å². The van der Waals surface area contributed by atoms with Crippen molar-refractivity contribution in [1.82, 2.24) is 0 Å². The summed E-state index contributed by atoms with van der Waals surface area (Å²) in [5.74, 6) is -0.345. The van der Waals surface area contributed by atoms with E-state index in [0.717, 1.165) is 16.7 Å². The van der Waals surface area contributed by atoms with Crippen LogP contribution in [0.5, 0.6) is 0 Å². The Morgan fingerprint density at radius 2 is 1.70 bits per heavy atom. The highest BCUT2D eigenvalue weighted by atomic mass is 32.1. The first-order valence-corrected chi connectivity index (χ1v) is 8.94. The Morgan fingerprint density at radius 3 is 2.41 bits per heavy atom. The van der Waals surface area contributed by atoms with Gasteiger partial charge in [-0.05, 0) is 17.2 Å². The fourth-order valence-corrected chi connectivity index (χ4v) is 3.59. The van der Waals surface area contributed by atoms with Gasteiger partial charge >= 0.3 is 0 Å². The third kappa shape index (κ3) is 4.20. The number of hydrogen-bond acceptors (Lipinski definition) is 5. The molecule has 27 heavy (non-hydrogen) atoms. The van der Waals surface area contributed by atoms with Crippen LogP contribution in [-0.2, 0) is 17.9 Å². The molecule has 1 aromatic heterocycles. The van der Waals surface area contributed by atoms with E-state index in [9.17, 15) is 14.9 Å². The molecule has 0 radical (unpaired) electrons. The summed E-state index contributed by atoms with van der Waals surface area (Å²) in [4.78, 5) is 6.13. The Morgan fingerprint density at radius 1 is 1.00 bits per heavy atom. The number of rotatable bonds is 6. The summed E-state index contributed by atoms with van der Waals surface area (Å²) in [7, 11) is 0. The van der Waals surface area contributed by atoms with Crippen molar-refractivity contribution in [3.8, 4) is 23.3 Å². The third-order valence-electron chi connectivity index (χ3n) is 3.89. The zero-order valence-corrected chi connectivity index (χ0v) is 15.0. The SMILES string of the molecule is N#Cc1sc(C#N)c(-c2ccccc2)c1CC=NOCc1ccccc1F. The van der Waals surface area contributed by atoms with Gasteiger partial charge < -0.3 is 4.84 Å². The molecule has 0 aliphatic carbocycles. The minimum absolute atomic E-state index is 0.0207. The molecule has 0 unspecified atom stereocenters. The smallest absolute Gasteiger partial charge is 0.145 e. The lowest BCUT2D eigenvalue weighted by atomic mass is 9.99. The van der Waals surface area contributed by atoms with E-state index in [1.54, 1.807) is 18.2 Å². The van der Waals surface area contributed by atoms with Crippen molar-refractivity contribution in [2.24, 2.45) is 5.16 Å². The van der Waals surface area contributed by atoms with Crippen LogP contribution in [0.25, 0.3) is 11.1 Å². The summed E-state index contributed by atoms with van der Waals surface area (Å²) in [5.41, 5.74) is 2.78. The van der Waals surface area contributed by atoms with E-state index in [2.05, 4.69) is 17.3 Å². The maximum Gasteiger partial charge on any atom is 0.145 e. The van der Waals surface area contributed by atoms with Crippen LogP contribution < -0.4 is 0 Å². The number of nitrogens with zero attached hydrogens (tertiary/aromatic N) is 3. The standard InChI is InChI=1S/C21H14FN3OS/c22-18-9-5-4-8-16(18)14-26-25-11-10-17-19(12-23)27-20(13-24)21(17)15-6-2-1-3-7-15/h1-9,11H,10,14H2. The maximum absolute atomic E-state index is 13.5. The second-order valence-electron chi connectivity index (χ2n) is 5.56. The quantitative estimate of drug-likeness (QED) is 0.447. The van der Waals surface area contributed by atoms with Crippen LogP contribution in [0.4, 0.5) is 4.39 Å². The molecule has 0 N–H and O–H groups in total. The average molecular weight is 375 g/mol. The van der Waals surface area contributed by atoms with E-state index in [1.807, 2.05) is 30.3 Å².